The lowest BCUT2D eigenvalue weighted by Crippen LogP contribution is -2.15. The van der Waals surface area contributed by atoms with Crippen molar-refractivity contribution in [3.63, 3.8) is 0 Å². The third kappa shape index (κ3) is 2.70. The van der Waals surface area contributed by atoms with Gasteiger partial charge >= 0.3 is 0 Å². The van der Waals surface area contributed by atoms with E-state index < -0.39 is 0 Å². The average molecular weight is 314 g/mol. The Hall–Kier alpha value is -2.33. The minimum absolute atomic E-state index is 0.146. The maximum absolute atomic E-state index is 12.0. The molecular weight excluding hydrogens is 298 g/mol. The predicted molar refractivity (Wildman–Crippen MR) is 88.7 cm³/mol. The Bertz CT molecular complexity index is 847. The van der Waals surface area contributed by atoms with Crippen molar-refractivity contribution in [1.29, 1.82) is 0 Å². The number of benzene rings is 1. The molecule has 5 heteroatoms. The molecule has 0 unspecified atom stereocenters. The Morgan fingerprint density at radius 2 is 1.82 bits per heavy atom. The highest BCUT2D eigenvalue weighted by atomic mass is 35.5. The van der Waals surface area contributed by atoms with Gasteiger partial charge in [-0.3, -0.25) is 14.0 Å². The van der Waals surface area contributed by atoms with E-state index in [9.17, 15) is 4.79 Å². The lowest BCUT2D eigenvalue weighted by molar-refractivity contribution is 0.538. The summed E-state index contributed by atoms with van der Waals surface area (Å²) in [5.41, 5.74) is 2.79. The second-order valence-electron chi connectivity index (χ2n) is 5.35. The third-order valence-electron chi connectivity index (χ3n) is 3.48. The molecule has 0 saturated heterocycles. The molecular formula is C17H16ClN3O. The lowest BCUT2D eigenvalue weighted by atomic mass is 10.1. The van der Waals surface area contributed by atoms with Crippen LogP contribution in [0.5, 0.6) is 0 Å². The first-order chi connectivity index (χ1) is 10.6. The van der Waals surface area contributed by atoms with E-state index in [2.05, 4.69) is 18.9 Å². The molecule has 22 heavy (non-hydrogen) atoms. The summed E-state index contributed by atoms with van der Waals surface area (Å²) in [6.07, 6.45) is 3.48. The van der Waals surface area contributed by atoms with Crippen LogP contribution in [-0.2, 0) is 0 Å². The van der Waals surface area contributed by atoms with Gasteiger partial charge in [-0.1, -0.05) is 23.7 Å². The van der Waals surface area contributed by atoms with Crippen LogP contribution in [0.1, 0.15) is 19.9 Å². The van der Waals surface area contributed by atoms with Gasteiger partial charge in [-0.05, 0) is 43.7 Å². The van der Waals surface area contributed by atoms with E-state index >= 15 is 0 Å². The first kappa shape index (κ1) is 14.6. The highest BCUT2D eigenvalue weighted by Gasteiger charge is 2.08. The van der Waals surface area contributed by atoms with Gasteiger partial charge in [0.25, 0.3) is 5.56 Å². The minimum atomic E-state index is -0.146. The number of halogens is 1. The molecule has 0 N–H and O–H groups in total. The molecule has 112 valence electrons. The standard InChI is InChI=1S/C17H16ClN3O/c1-12(2)21-16(7-9-19-21)13-3-5-15(6-4-13)20-10-8-14(18)11-17(20)22/h3-12H,1-2H3. The molecule has 0 radical (unpaired) electrons. The maximum Gasteiger partial charge on any atom is 0.256 e. The fourth-order valence-corrected chi connectivity index (χ4v) is 2.56. The van der Waals surface area contributed by atoms with Gasteiger partial charge in [0, 0.05) is 35.2 Å². The molecule has 3 aromatic rings. The summed E-state index contributed by atoms with van der Waals surface area (Å²) in [5, 5.41) is 4.79. The van der Waals surface area contributed by atoms with E-state index in [1.807, 2.05) is 35.0 Å². The van der Waals surface area contributed by atoms with Gasteiger partial charge in [0.2, 0.25) is 0 Å². The summed E-state index contributed by atoms with van der Waals surface area (Å²) in [7, 11) is 0. The Labute approximate surface area is 133 Å². The number of hydrogen-bond donors (Lipinski definition) is 0. The van der Waals surface area contributed by atoms with Crippen molar-refractivity contribution in [1.82, 2.24) is 14.3 Å². The summed E-state index contributed by atoms with van der Waals surface area (Å²) < 4.78 is 3.54. The number of pyridine rings is 1. The molecule has 0 aliphatic carbocycles. The quantitative estimate of drug-likeness (QED) is 0.735. The van der Waals surface area contributed by atoms with E-state index in [4.69, 9.17) is 11.6 Å². The predicted octanol–water partition coefficient (Wildman–Crippen LogP) is 3.94. The van der Waals surface area contributed by atoms with Gasteiger partial charge in [0.1, 0.15) is 0 Å². The molecule has 3 rings (SSSR count). The van der Waals surface area contributed by atoms with Crippen molar-refractivity contribution in [3.05, 3.63) is 70.2 Å². The van der Waals surface area contributed by atoms with Crippen LogP contribution in [0.3, 0.4) is 0 Å². The van der Waals surface area contributed by atoms with Gasteiger partial charge < -0.3 is 0 Å². The molecule has 0 bridgehead atoms. The van der Waals surface area contributed by atoms with Crippen LogP contribution in [0.25, 0.3) is 16.9 Å². The summed E-state index contributed by atoms with van der Waals surface area (Å²) in [6, 6.07) is 13.2. The van der Waals surface area contributed by atoms with Crippen molar-refractivity contribution >= 4 is 11.6 Å². The fourth-order valence-electron chi connectivity index (χ4n) is 2.42. The summed E-state index contributed by atoms with van der Waals surface area (Å²) >= 11 is 5.82. The average Bonchev–Trinajstić information content (AvgIpc) is 2.97. The maximum atomic E-state index is 12.0. The Kier molecular flexibility index (Phi) is 3.86. The number of aromatic nitrogens is 3. The lowest BCUT2D eigenvalue weighted by Gasteiger charge is -2.12. The van der Waals surface area contributed by atoms with Crippen LogP contribution in [0.2, 0.25) is 5.02 Å². The van der Waals surface area contributed by atoms with Crippen LogP contribution in [0.4, 0.5) is 0 Å². The molecule has 0 aliphatic heterocycles. The van der Waals surface area contributed by atoms with Crippen LogP contribution in [0, 0.1) is 0 Å². The Morgan fingerprint density at radius 3 is 2.45 bits per heavy atom. The molecule has 2 heterocycles. The van der Waals surface area contributed by atoms with Crippen molar-refractivity contribution in [2.45, 2.75) is 19.9 Å². The van der Waals surface area contributed by atoms with Crippen molar-refractivity contribution in [2.24, 2.45) is 0 Å². The van der Waals surface area contributed by atoms with Crippen molar-refractivity contribution in [2.75, 3.05) is 0 Å². The molecule has 0 aliphatic rings. The molecule has 0 spiro atoms. The van der Waals surface area contributed by atoms with Crippen LogP contribution in [-0.4, -0.2) is 14.3 Å². The van der Waals surface area contributed by atoms with Crippen molar-refractivity contribution < 1.29 is 0 Å². The smallest absolute Gasteiger partial charge is 0.256 e. The van der Waals surface area contributed by atoms with E-state index in [-0.39, 0.29) is 5.56 Å². The fraction of sp³-hybridized carbons (Fsp3) is 0.176. The highest BCUT2D eigenvalue weighted by molar-refractivity contribution is 6.30. The number of nitrogens with zero attached hydrogens (tertiary/aromatic N) is 3. The van der Waals surface area contributed by atoms with E-state index in [1.165, 1.54) is 6.07 Å². The molecule has 1 aromatic carbocycles. The van der Waals surface area contributed by atoms with Gasteiger partial charge in [0.05, 0.1) is 5.69 Å². The van der Waals surface area contributed by atoms with E-state index in [1.54, 1.807) is 23.0 Å². The summed E-state index contributed by atoms with van der Waals surface area (Å²) in [4.78, 5) is 12.0. The number of hydrogen-bond acceptors (Lipinski definition) is 2. The Balaban J connectivity index is 1.99. The van der Waals surface area contributed by atoms with Crippen LogP contribution >= 0.6 is 11.6 Å². The SMILES string of the molecule is CC(C)n1nccc1-c1ccc(-n2ccc(Cl)cc2=O)cc1. The molecule has 4 nitrogen and oxygen atoms in total. The molecule has 2 aromatic heterocycles. The van der Waals surface area contributed by atoms with E-state index in [0.717, 1.165) is 16.9 Å². The van der Waals surface area contributed by atoms with Crippen molar-refractivity contribution in [3.8, 4) is 16.9 Å². The first-order valence-electron chi connectivity index (χ1n) is 7.09. The second kappa shape index (κ2) is 5.81. The molecule has 0 saturated carbocycles. The van der Waals surface area contributed by atoms with Crippen LogP contribution < -0.4 is 5.56 Å². The summed E-state index contributed by atoms with van der Waals surface area (Å²) in [6.45, 7) is 4.19. The van der Waals surface area contributed by atoms with Gasteiger partial charge in [-0.2, -0.15) is 5.10 Å². The first-order valence-corrected chi connectivity index (χ1v) is 7.46. The normalized spacial score (nSPS) is 11.1. The zero-order valence-electron chi connectivity index (χ0n) is 12.4. The molecule has 0 fully saturated rings. The van der Waals surface area contributed by atoms with Crippen LogP contribution in [0.15, 0.2) is 59.7 Å². The highest BCUT2D eigenvalue weighted by Crippen LogP contribution is 2.23. The number of rotatable bonds is 3. The molecule has 0 amide bonds. The van der Waals surface area contributed by atoms with Gasteiger partial charge in [0.15, 0.2) is 0 Å². The second-order valence-corrected chi connectivity index (χ2v) is 5.79. The third-order valence-corrected chi connectivity index (χ3v) is 3.72. The van der Waals surface area contributed by atoms with Gasteiger partial charge in [-0.15, -0.1) is 0 Å². The summed E-state index contributed by atoms with van der Waals surface area (Å²) in [5.74, 6) is 0. The zero-order valence-corrected chi connectivity index (χ0v) is 13.2. The minimum Gasteiger partial charge on any atom is -0.284 e. The monoisotopic (exact) mass is 313 g/mol. The topological polar surface area (TPSA) is 39.8 Å². The molecule has 0 atom stereocenters. The Morgan fingerprint density at radius 1 is 1.09 bits per heavy atom. The van der Waals surface area contributed by atoms with Gasteiger partial charge in [-0.25, -0.2) is 0 Å². The zero-order chi connectivity index (χ0) is 15.7. The largest absolute Gasteiger partial charge is 0.284 e. The van der Waals surface area contributed by atoms with E-state index in [0.29, 0.717) is 11.1 Å².